The number of benzene rings is 1. The number of carbonyl (C=O) groups excluding carboxylic acids is 1. The highest BCUT2D eigenvalue weighted by molar-refractivity contribution is 6.74. The molecule has 0 heterocycles. The maximum Gasteiger partial charge on any atom is 0.410 e. The first-order valence-electron chi connectivity index (χ1n) is 10.2. The average Bonchev–Trinajstić information content (AvgIpc) is 2.55. The van der Waals surface area contributed by atoms with Crippen molar-refractivity contribution < 1.29 is 22.7 Å². The minimum atomic E-state index is -2.63. The number of hydrogen-bond acceptors (Lipinski definition) is 3. The van der Waals surface area contributed by atoms with Crippen molar-refractivity contribution in [3.63, 3.8) is 0 Å². The van der Waals surface area contributed by atoms with Gasteiger partial charge in [-0.15, -0.1) is 0 Å². The third-order valence-corrected chi connectivity index (χ3v) is 10.0. The zero-order valence-electron chi connectivity index (χ0n) is 19.4. The van der Waals surface area contributed by atoms with Crippen molar-refractivity contribution >= 4 is 26.0 Å². The van der Waals surface area contributed by atoms with Gasteiger partial charge in [0.25, 0.3) is 6.43 Å². The van der Waals surface area contributed by atoms with E-state index in [0.717, 1.165) is 16.0 Å². The van der Waals surface area contributed by atoms with Crippen LogP contribution in [0.3, 0.4) is 0 Å². The highest BCUT2D eigenvalue weighted by Crippen LogP contribution is 2.37. The lowest BCUT2D eigenvalue weighted by molar-refractivity contribution is 0.0106. The summed E-state index contributed by atoms with van der Waals surface area (Å²) in [6.07, 6.45) is -2.95. The second kappa shape index (κ2) is 10.4. The fraction of sp³-hybridized carbons (Fsp3) is 0.682. The molecule has 0 atom stereocenters. The third-order valence-electron chi connectivity index (χ3n) is 5.19. The van der Waals surface area contributed by atoms with Crippen molar-refractivity contribution in [1.29, 1.82) is 0 Å². The van der Waals surface area contributed by atoms with Crippen LogP contribution >= 0.6 is 11.6 Å². The third kappa shape index (κ3) is 8.90. The van der Waals surface area contributed by atoms with E-state index in [1.54, 1.807) is 26.8 Å². The molecule has 0 spiro atoms. The minimum absolute atomic E-state index is 0.0836. The first kappa shape index (κ1) is 26.9. The quantitative estimate of drug-likeness (QED) is 0.393. The van der Waals surface area contributed by atoms with Crippen molar-refractivity contribution in [2.45, 2.75) is 84.7 Å². The summed E-state index contributed by atoms with van der Waals surface area (Å²) in [6, 6.07) is 5.55. The fourth-order valence-corrected chi connectivity index (χ4v) is 3.50. The Morgan fingerprint density at radius 3 is 2.27 bits per heavy atom. The van der Waals surface area contributed by atoms with Crippen LogP contribution in [0.5, 0.6) is 0 Å². The van der Waals surface area contributed by atoms with Crippen LogP contribution in [0.2, 0.25) is 23.2 Å². The first-order chi connectivity index (χ1) is 13.5. The van der Waals surface area contributed by atoms with E-state index in [4.69, 9.17) is 20.8 Å². The largest absolute Gasteiger partial charge is 0.444 e. The van der Waals surface area contributed by atoms with Gasteiger partial charge in [-0.2, -0.15) is 0 Å². The van der Waals surface area contributed by atoms with Crippen molar-refractivity contribution in [2.75, 3.05) is 13.1 Å². The van der Waals surface area contributed by atoms with E-state index in [1.807, 2.05) is 12.1 Å². The topological polar surface area (TPSA) is 38.8 Å². The Bertz CT molecular complexity index is 715. The van der Waals surface area contributed by atoms with E-state index in [0.29, 0.717) is 18.1 Å². The molecule has 0 aliphatic heterocycles. The molecule has 1 rings (SSSR count). The maximum atomic E-state index is 12.9. The minimum Gasteiger partial charge on any atom is -0.444 e. The summed E-state index contributed by atoms with van der Waals surface area (Å²) in [5, 5.41) is 0.689. The Kier molecular flexibility index (Phi) is 9.33. The van der Waals surface area contributed by atoms with Crippen LogP contribution in [-0.2, 0) is 22.2 Å². The van der Waals surface area contributed by atoms with Crippen LogP contribution in [0.4, 0.5) is 13.6 Å². The monoisotopic (exact) mass is 463 g/mol. The first-order valence-corrected chi connectivity index (χ1v) is 13.5. The molecular weight excluding hydrogens is 428 g/mol. The number of ether oxygens (including phenoxy) is 1. The van der Waals surface area contributed by atoms with Gasteiger partial charge in [0, 0.05) is 11.6 Å². The van der Waals surface area contributed by atoms with E-state index in [-0.39, 0.29) is 11.6 Å². The van der Waals surface area contributed by atoms with Crippen LogP contribution < -0.4 is 0 Å². The predicted octanol–water partition coefficient (Wildman–Crippen LogP) is 6.91. The Labute approximate surface area is 186 Å². The van der Waals surface area contributed by atoms with Gasteiger partial charge in [-0.3, -0.25) is 0 Å². The van der Waals surface area contributed by atoms with Gasteiger partial charge in [-0.1, -0.05) is 44.5 Å². The number of alkyl halides is 2. The van der Waals surface area contributed by atoms with Crippen molar-refractivity contribution in [3.05, 3.63) is 34.3 Å². The molecule has 0 saturated heterocycles. The summed E-state index contributed by atoms with van der Waals surface area (Å²) in [5.41, 5.74) is 1.01. The number of carbonyl (C=O) groups is 1. The molecule has 4 nitrogen and oxygen atoms in total. The molecule has 1 amide bonds. The molecule has 0 bridgehead atoms. The van der Waals surface area contributed by atoms with Crippen molar-refractivity contribution in [1.82, 2.24) is 4.90 Å². The summed E-state index contributed by atoms with van der Waals surface area (Å²) >= 11 is 6.35. The van der Waals surface area contributed by atoms with Gasteiger partial charge in [0.2, 0.25) is 0 Å². The Morgan fingerprint density at radius 1 is 1.17 bits per heavy atom. The molecule has 0 unspecified atom stereocenters. The molecule has 0 aliphatic rings. The van der Waals surface area contributed by atoms with Gasteiger partial charge in [0.15, 0.2) is 8.32 Å². The van der Waals surface area contributed by atoms with E-state index >= 15 is 0 Å². The van der Waals surface area contributed by atoms with E-state index < -0.39 is 33.0 Å². The molecule has 172 valence electrons. The molecule has 0 saturated carbocycles. The van der Waals surface area contributed by atoms with Crippen molar-refractivity contribution in [3.8, 4) is 0 Å². The van der Waals surface area contributed by atoms with Gasteiger partial charge >= 0.3 is 6.09 Å². The molecule has 8 heteroatoms. The zero-order chi connectivity index (χ0) is 23.3. The van der Waals surface area contributed by atoms with Crippen LogP contribution in [0.25, 0.3) is 0 Å². The highest BCUT2D eigenvalue weighted by atomic mass is 35.5. The standard InChI is InChI=1S/C22H36ClF2NO3Si/c1-21(2,3)29-20(27)26(14-19(24)25)12-11-16-9-10-18(23)17(13-16)15-28-30(7,8)22(4,5)6/h9-10,13,19H,11-12,14-15H2,1-8H3. The van der Waals surface area contributed by atoms with Gasteiger partial charge in [0.05, 0.1) is 13.2 Å². The Morgan fingerprint density at radius 2 is 1.77 bits per heavy atom. The lowest BCUT2D eigenvalue weighted by Crippen LogP contribution is -2.40. The van der Waals surface area contributed by atoms with Crippen LogP contribution in [0.1, 0.15) is 52.7 Å². The summed E-state index contributed by atoms with van der Waals surface area (Å²) in [5.74, 6) is 0. The highest BCUT2D eigenvalue weighted by Gasteiger charge is 2.37. The van der Waals surface area contributed by atoms with E-state index in [1.165, 1.54) is 0 Å². The second-order valence-electron chi connectivity index (χ2n) is 10.0. The molecule has 30 heavy (non-hydrogen) atoms. The van der Waals surface area contributed by atoms with Crippen molar-refractivity contribution in [2.24, 2.45) is 0 Å². The lowest BCUT2D eigenvalue weighted by atomic mass is 10.1. The number of nitrogens with zero attached hydrogens (tertiary/aromatic N) is 1. The van der Waals surface area contributed by atoms with Gasteiger partial charge < -0.3 is 14.1 Å². The van der Waals surface area contributed by atoms with Crippen LogP contribution in [0.15, 0.2) is 18.2 Å². The molecule has 0 fully saturated rings. The van der Waals surface area contributed by atoms with Crippen LogP contribution in [0, 0.1) is 0 Å². The molecule has 0 radical (unpaired) electrons. The Hall–Kier alpha value is -1.18. The maximum absolute atomic E-state index is 12.9. The predicted molar refractivity (Wildman–Crippen MR) is 121 cm³/mol. The SMILES string of the molecule is CC(C)(C)OC(=O)N(CCc1ccc(Cl)c(CO[Si](C)(C)C(C)(C)C)c1)CC(F)F. The normalized spacial score (nSPS) is 12.9. The average molecular weight is 464 g/mol. The summed E-state index contributed by atoms with van der Waals surface area (Å²) < 4.78 is 37.4. The second-order valence-corrected chi connectivity index (χ2v) is 15.3. The van der Waals surface area contributed by atoms with E-state index in [2.05, 4.69) is 33.9 Å². The summed E-state index contributed by atoms with van der Waals surface area (Å²) in [6.45, 7) is 15.9. The molecular formula is C22H36ClF2NO3Si. The molecule has 0 aromatic heterocycles. The summed E-state index contributed by atoms with van der Waals surface area (Å²) in [7, 11) is -1.93. The fourth-order valence-electron chi connectivity index (χ4n) is 2.38. The van der Waals surface area contributed by atoms with Gasteiger partial charge in [-0.25, -0.2) is 13.6 Å². The number of rotatable bonds is 8. The Balaban J connectivity index is 2.87. The van der Waals surface area contributed by atoms with Gasteiger partial charge in [0.1, 0.15) is 5.60 Å². The van der Waals surface area contributed by atoms with Gasteiger partial charge in [-0.05, 0) is 62.5 Å². The number of amides is 1. The molecule has 1 aromatic carbocycles. The lowest BCUT2D eigenvalue weighted by Gasteiger charge is -2.36. The summed E-state index contributed by atoms with van der Waals surface area (Å²) in [4.78, 5) is 13.3. The molecule has 0 aliphatic carbocycles. The van der Waals surface area contributed by atoms with Crippen LogP contribution in [-0.4, -0.2) is 44.4 Å². The zero-order valence-corrected chi connectivity index (χ0v) is 21.2. The number of hydrogen-bond donors (Lipinski definition) is 0. The van der Waals surface area contributed by atoms with E-state index in [9.17, 15) is 13.6 Å². The smallest absolute Gasteiger partial charge is 0.410 e. The number of halogens is 3. The molecule has 1 aromatic rings. The molecule has 0 N–H and O–H groups in total.